The molecule has 4 heterocycles. The van der Waals surface area contributed by atoms with Gasteiger partial charge in [-0.2, -0.15) is 9.78 Å². The number of methoxy groups -OCH3 is 2. The maximum atomic E-state index is 12.8. The van der Waals surface area contributed by atoms with Crippen LogP contribution in [0.1, 0.15) is 48.4 Å². The van der Waals surface area contributed by atoms with Crippen LogP contribution >= 0.6 is 0 Å². The van der Waals surface area contributed by atoms with Gasteiger partial charge in [0.15, 0.2) is 23.1 Å². The number of hydrogen-bond acceptors (Lipinski definition) is 7. The van der Waals surface area contributed by atoms with E-state index in [1.54, 1.807) is 18.9 Å². The van der Waals surface area contributed by atoms with Crippen molar-refractivity contribution in [2.24, 2.45) is 0 Å². The van der Waals surface area contributed by atoms with Crippen LogP contribution < -0.4 is 19.7 Å². The molecule has 0 aliphatic carbocycles. The molecule has 1 aromatic carbocycles. The van der Waals surface area contributed by atoms with Crippen molar-refractivity contribution in [3.63, 3.8) is 0 Å². The van der Waals surface area contributed by atoms with E-state index in [-0.39, 0.29) is 11.8 Å². The quantitative estimate of drug-likeness (QED) is 0.639. The molecule has 1 fully saturated rings. The number of nitrogens with one attached hydrogen (secondary N) is 1. The van der Waals surface area contributed by atoms with Crippen molar-refractivity contribution in [3.8, 4) is 17.3 Å². The Morgan fingerprint density at radius 1 is 1.00 bits per heavy atom. The molecule has 33 heavy (non-hydrogen) atoms. The van der Waals surface area contributed by atoms with Crippen LogP contribution in [0.3, 0.4) is 0 Å². The number of piperidine rings is 1. The van der Waals surface area contributed by atoms with Gasteiger partial charge in [0, 0.05) is 36.6 Å². The van der Waals surface area contributed by atoms with Gasteiger partial charge in [0.25, 0.3) is 0 Å². The van der Waals surface area contributed by atoms with Crippen molar-refractivity contribution < 1.29 is 14.3 Å². The number of rotatable bonds is 5. The van der Waals surface area contributed by atoms with Gasteiger partial charge in [-0.3, -0.25) is 4.79 Å². The number of anilines is 2. The van der Waals surface area contributed by atoms with Crippen LogP contribution in [0.5, 0.6) is 11.5 Å². The molecule has 9 heteroatoms. The van der Waals surface area contributed by atoms with E-state index >= 15 is 0 Å². The fourth-order valence-corrected chi connectivity index (χ4v) is 4.89. The molecular formula is C24H28N6O3. The van der Waals surface area contributed by atoms with E-state index in [0.717, 1.165) is 35.7 Å². The smallest absolute Gasteiger partial charge is 0.226 e. The third-order valence-corrected chi connectivity index (χ3v) is 6.44. The lowest BCUT2D eigenvalue weighted by Gasteiger charge is -2.27. The first-order chi connectivity index (χ1) is 16.1. The Labute approximate surface area is 192 Å². The van der Waals surface area contributed by atoms with Gasteiger partial charge in [-0.25, -0.2) is 0 Å². The highest BCUT2D eigenvalue weighted by atomic mass is 16.5. The van der Waals surface area contributed by atoms with E-state index in [0.29, 0.717) is 29.6 Å². The SMILES string of the molecule is COc1cccc([C@@H]2CC(=O)Nc3c2c(C)nn3-c2ccc(N3CCCCC3)nn2)c1OC. The number of carbonyl (C=O) groups excluding carboxylic acids is 1. The zero-order valence-corrected chi connectivity index (χ0v) is 19.2. The number of para-hydroxylation sites is 1. The van der Waals surface area contributed by atoms with Gasteiger partial charge in [0.2, 0.25) is 5.91 Å². The fraction of sp³-hybridized carbons (Fsp3) is 0.417. The van der Waals surface area contributed by atoms with E-state index in [4.69, 9.17) is 14.6 Å². The standard InChI is InChI=1S/C24H28N6O3/c1-15-22-17(16-8-7-9-18(32-2)23(16)33-3)14-21(31)25-24(22)30(28-15)20-11-10-19(26-27-20)29-12-5-4-6-13-29/h7-11,17H,4-6,12-14H2,1-3H3,(H,25,31)/t17-/m0/s1. The van der Waals surface area contributed by atoms with Crippen molar-refractivity contribution in [2.45, 2.75) is 38.5 Å². The first-order valence-corrected chi connectivity index (χ1v) is 11.3. The predicted molar refractivity (Wildman–Crippen MR) is 125 cm³/mol. The predicted octanol–water partition coefficient (Wildman–Crippen LogP) is 3.45. The van der Waals surface area contributed by atoms with Crippen LogP contribution in [-0.2, 0) is 4.79 Å². The Morgan fingerprint density at radius 2 is 1.76 bits per heavy atom. The molecule has 0 radical (unpaired) electrons. The highest BCUT2D eigenvalue weighted by Gasteiger charge is 2.35. The molecule has 0 saturated carbocycles. The average Bonchev–Trinajstić information content (AvgIpc) is 3.19. The van der Waals surface area contributed by atoms with Crippen LogP contribution in [0.2, 0.25) is 0 Å². The largest absolute Gasteiger partial charge is 0.493 e. The summed E-state index contributed by atoms with van der Waals surface area (Å²) in [6.45, 7) is 3.96. The topological polar surface area (TPSA) is 94.4 Å². The Kier molecular flexibility index (Phi) is 5.62. The third kappa shape index (κ3) is 3.77. The van der Waals surface area contributed by atoms with Gasteiger partial charge >= 0.3 is 0 Å². The normalized spacial score (nSPS) is 18.0. The second-order valence-electron chi connectivity index (χ2n) is 8.44. The molecular weight excluding hydrogens is 420 g/mol. The summed E-state index contributed by atoms with van der Waals surface area (Å²) >= 11 is 0. The summed E-state index contributed by atoms with van der Waals surface area (Å²) in [5, 5.41) is 16.6. The molecule has 1 saturated heterocycles. The lowest BCUT2D eigenvalue weighted by Crippen LogP contribution is -2.30. The lowest BCUT2D eigenvalue weighted by atomic mass is 9.85. The number of aryl methyl sites for hydroxylation is 1. The molecule has 1 atom stereocenters. The summed E-state index contributed by atoms with van der Waals surface area (Å²) < 4.78 is 12.8. The van der Waals surface area contributed by atoms with Crippen LogP contribution in [0.15, 0.2) is 30.3 Å². The van der Waals surface area contributed by atoms with Crippen molar-refractivity contribution in [1.82, 2.24) is 20.0 Å². The Hall–Kier alpha value is -3.62. The van der Waals surface area contributed by atoms with E-state index in [2.05, 4.69) is 20.4 Å². The second kappa shape index (κ2) is 8.73. The molecule has 2 aliphatic heterocycles. The monoisotopic (exact) mass is 448 g/mol. The summed E-state index contributed by atoms with van der Waals surface area (Å²) in [6, 6.07) is 9.61. The summed E-state index contributed by atoms with van der Waals surface area (Å²) in [6.07, 6.45) is 3.91. The van der Waals surface area contributed by atoms with Gasteiger partial charge in [-0.1, -0.05) is 12.1 Å². The molecule has 172 valence electrons. The summed E-state index contributed by atoms with van der Waals surface area (Å²) in [7, 11) is 3.22. The van der Waals surface area contributed by atoms with Gasteiger partial charge in [0.05, 0.1) is 19.9 Å². The number of carbonyl (C=O) groups is 1. The number of aromatic nitrogens is 4. The Balaban J connectivity index is 1.55. The van der Waals surface area contributed by atoms with E-state index < -0.39 is 0 Å². The van der Waals surface area contributed by atoms with Crippen molar-refractivity contribution in [2.75, 3.05) is 37.5 Å². The Morgan fingerprint density at radius 3 is 2.45 bits per heavy atom. The number of fused-ring (bicyclic) bond motifs is 1. The number of amides is 1. The molecule has 0 unspecified atom stereocenters. The molecule has 5 rings (SSSR count). The van der Waals surface area contributed by atoms with Crippen molar-refractivity contribution in [3.05, 3.63) is 47.2 Å². The number of benzene rings is 1. The molecule has 2 aliphatic rings. The minimum Gasteiger partial charge on any atom is -0.493 e. The molecule has 3 aromatic rings. The number of hydrogen-bond donors (Lipinski definition) is 1. The zero-order valence-electron chi connectivity index (χ0n) is 19.2. The molecule has 0 bridgehead atoms. The fourth-order valence-electron chi connectivity index (χ4n) is 4.89. The molecule has 2 aromatic heterocycles. The number of nitrogens with zero attached hydrogens (tertiary/aromatic N) is 5. The van der Waals surface area contributed by atoms with Gasteiger partial charge in [-0.05, 0) is 44.4 Å². The average molecular weight is 449 g/mol. The molecule has 1 amide bonds. The van der Waals surface area contributed by atoms with Crippen LogP contribution in [0.25, 0.3) is 5.82 Å². The minimum absolute atomic E-state index is 0.0866. The van der Waals surface area contributed by atoms with E-state index in [9.17, 15) is 4.79 Å². The van der Waals surface area contributed by atoms with Crippen LogP contribution in [0.4, 0.5) is 11.6 Å². The molecule has 9 nitrogen and oxygen atoms in total. The van der Waals surface area contributed by atoms with E-state index in [1.807, 2.05) is 37.3 Å². The van der Waals surface area contributed by atoms with Crippen molar-refractivity contribution >= 4 is 17.5 Å². The van der Waals surface area contributed by atoms with Gasteiger partial charge in [0.1, 0.15) is 5.82 Å². The van der Waals surface area contributed by atoms with Crippen molar-refractivity contribution in [1.29, 1.82) is 0 Å². The lowest BCUT2D eigenvalue weighted by molar-refractivity contribution is -0.116. The summed E-state index contributed by atoms with van der Waals surface area (Å²) in [5.41, 5.74) is 2.66. The van der Waals surface area contributed by atoms with Gasteiger partial charge < -0.3 is 19.7 Å². The maximum absolute atomic E-state index is 12.8. The molecule has 0 spiro atoms. The summed E-state index contributed by atoms with van der Waals surface area (Å²) in [4.78, 5) is 15.0. The minimum atomic E-state index is -0.215. The van der Waals surface area contributed by atoms with E-state index in [1.165, 1.54) is 19.3 Å². The highest BCUT2D eigenvalue weighted by molar-refractivity contribution is 5.95. The Bertz CT molecular complexity index is 1170. The van der Waals surface area contributed by atoms with Crippen LogP contribution in [0, 0.1) is 6.92 Å². The van der Waals surface area contributed by atoms with Gasteiger partial charge in [-0.15, -0.1) is 10.2 Å². The number of ether oxygens (including phenoxy) is 2. The van der Waals surface area contributed by atoms with Crippen LogP contribution in [-0.4, -0.2) is 53.2 Å². The summed E-state index contributed by atoms with van der Waals surface area (Å²) in [5.74, 6) is 3.02. The first-order valence-electron chi connectivity index (χ1n) is 11.3. The maximum Gasteiger partial charge on any atom is 0.226 e. The molecule has 1 N–H and O–H groups in total. The second-order valence-corrected chi connectivity index (χ2v) is 8.44. The first kappa shape index (κ1) is 21.2. The highest BCUT2D eigenvalue weighted by Crippen LogP contribution is 2.45. The zero-order chi connectivity index (χ0) is 22.9. The third-order valence-electron chi connectivity index (χ3n) is 6.44.